The van der Waals surface area contributed by atoms with Gasteiger partial charge in [-0.2, -0.15) is 0 Å². The van der Waals surface area contributed by atoms with Crippen molar-refractivity contribution in [2.45, 2.75) is 20.0 Å². The normalized spacial score (nSPS) is 17.2. The zero-order chi connectivity index (χ0) is 17.8. The van der Waals surface area contributed by atoms with Crippen LogP contribution in [0.3, 0.4) is 0 Å². The molecule has 0 saturated carbocycles. The average molecular weight is 338 g/mol. The number of nitrogens with zero attached hydrogens (tertiary/aromatic N) is 1. The Kier molecular flexibility index (Phi) is 5.14. The van der Waals surface area contributed by atoms with Crippen LogP contribution < -0.4 is 5.32 Å². The molecule has 2 aromatic carbocycles. The molecule has 1 aliphatic rings. The molecule has 0 aliphatic carbocycles. The van der Waals surface area contributed by atoms with Crippen molar-refractivity contribution in [1.29, 1.82) is 0 Å². The van der Waals surface area contributed by atoms with Gasteiger partial charge in [-0.05, 0) is 50.2 Å². The molecule has 130 valence electrons. The summed E-state index contributed by atoms with van der Waals surface area (Å²) >= 11 is 0. The molecule has 25 heavy (non-hydrogen) atoms. The number of hydrogen-bond acceptors (Lipinski definition) is 3. The topological polar surface area (TPSA) is 58.6 Å². The van der Waals surface area contributed by atoms with Crippen molar-refractivity contribution in [3.63, 3.8) is 0 Å². The molecule has 1 heterocycles. The highest BCUT2D eigenvalue weighted by molar-refractivity contribution is 6.04. The predicted octanol–water partition coefficient (Wildman–Crippen LogP) is 3.11. The summed E-state index contributed by atoms with van der Waals surface area (Å²) in [5, 5.41) is 2.85. The Morgan fingerprint density at radius 3 is 2.32 bits per heavy atom. The Hall–Kier alpha value is -2.66. The van der Waals surface area contributed by atoms with Crippen LogP contribution in [-0.2, 0) is 4.74 Å². The first-order chi connectivity index (χ1) is 12.0. The molecule has 0 spiro atoms. The molecule has 2 amide bonds. The highest BCUT2D eigenvalue weighted by Gasteiger charge is 2.22. The summed E-state index contributed by atoms with van der Waals surface area (Å²) in [5.41, 5.74) is 2.99. The van der Waals surface area contributed by atoms with Gasteiger partial charge in [0.1, 0.15) is 0 Å². The third-order valence-electron chi connectivity index (χ3n) is 4.23. The summed E-state index contributed by atoms with van der Waals surface area (Å²) in [5.74, 6) is -0.173. The van der Waals surface area contributed by atoms with E-state index in [1.165, 1.54) is 0 Å². The second-order valence-corrected chi connectivity index (χ2v) is 6.33. The van der Waals surface area contributed by atoms with Gasteiger partial charge in [-0.3, -0.25) is 9.59 Å². The monoisotopic (exact) mass is 338 g/mol. The minimum Gasteiger partial charge on any atom is -0.375 e. The van der Waals surface area contributed by atoms with Crippen LogP contribution in [-0.4, -0.2) is 42.5 Å². The summed E-state index contributed by atoms with van der Waals surface area (Å²) in [6.45, 7) is 5.72. The van der Waals surface area contributed by atoms with E-state index < -0.39 is 0 Å². The molecule has 0 bridgehead atoms. The quantitative estimate of drug-likeness (QED) is 0.935. The van der Waals surface area contributed by atoms with Crippen molar-refractivity contribution in [1.82, 2.24) is 4.90 Å². The molecule has 0 aromatic heterocycles. The Labute approximate surface area is 147 Å². The fraction of sp³-hybridized carbons (Fsp3) is 0.300. The van der Waals surface area contributed by atoms with Crippen molar-refractivity contribution in [3.05, 3.63) is 65.2 Å². The summed E-state index contributed by atoms with van der Waals surface area (Å²) in [7, 11) is 0. The smallest absolute Gasteiger partial charge is 0.255 e. The first-order valence-corrected chi connectivity index (χ1v) is 8.42. The van der Waals surface area contributed by atoms with Crippen molar-refractivity contribution < 1.29 is 14.3 Å². The van der Waals surface area contributed by atoms with E-state index in [0.29, 0.717) is 36.5 Å². The van der Waals surface area contributed by atoms with E-state index in [-0.39, 0.29) is 17.9 Å². The van der Waals surface area contributed by atoms with Crippen LogP contribution in [0.25, 0.3) is 0 Å². The number of amides is 2. The van der Waals surface area contributed by atoms with Crippen molar-refractivity contribution >= 4 is 17.5 Å². The summed E-state index contributed by atoms with van der Waals surface area (Å²) < 4.78 is 5.46. The Morgan fingerprint density at radius 2 is 1.68 bits per heavy atom. The molecule has 1 unspecified atom stereocenters. The van der Waals surface area contributed by atoms with E-state index >= 15 is 0 Å². The number of rotatable bonds is 3. The van der Waals surface area contributed by atoms with Crippen LogP contribution in [0, 0.1) is 6.92 Å². The van der Waals surface area contributed by atoms with Gasteiger partial charge in [-0.15, -0.1) is 0 Å². The van der Waals surface area contributed by atoms with Crippen LogP contribution in [0.15, 0.2) is 48.5 Å². The van der Waals surface area contributed by atoms with Crippen molar-refractivity contribution in [3.8, 4) is 0 Å². The first-order valence-electron chi connectivity index (χ1n) is 8.42. The molecule has 3 rings (SSSR count). The number of anilines is 1. The number of hydrogen-bond donors (Lipinski definition) is 1. The summed E-state index contributed by atoms with van der Waals surface area (Å²) in [6.07, 6.45) is 0.0609. The van der Waals surface area contributed by atoms with E-state index in [9.17, 15) is 9.59 Å². The van der Waals surface area contributed by atoms with Crippen LogP contribution in [0.2, 0.25) is 0 Å². The van der Waals surface area contributed by atoms with Gasteiger partial charge in [-0.25, -0.2) is 0 Å². The van der Waals surface area contributed by atoms with E-state index in [2.05, 4.69) is 5.32 Å². The third kappa shape index (κ3) is 4.25. The van der Waals surface area contributed by atoms with Gasteiger partial charge in [0.15, 0.2) is 0 Å². The van der Waals surface area contributed by atoms with Gasteiger partial charge in [0.05, 0.1) is 12.7 Å². The summed E-state index contributed by atoms with van der Waals surface area (Å²) in [6, 6.07) is 14.4. The van der Waals surface area contributed by atoms with Crippen LogP contribution >= 0.6 is 0 Å². The molecule has 1 saturated heterocycles. The highest BCUT2D eigenvalue weighted by Crippen LogP contribution is 2.15. The number of aryl methyl sites for hydroxylation is 1. The molecule has 5 nitrogen and oxygen atoms in total. The van der Waals surface area contributed by atoms with E-state index in [4.69, 9.17) is 4.74 Å². The van der Waals surface area contributed by atoms with Crippen molar-refractivity contribution in [2.75, 3.05) is 25.0 Å². The van der Waals surface area contributed by atoms with Crippen LogP contribution in [0.4, 0.5) is 5.69 Å². The number of nitrogens with one attached hydrogen (secondary N) is 1. The second kappa shape index (κ2) is 7.49. The van der Waals surface area contributed by atoms with Gasteiger partial charge in [0.2, 0.25) is 0 Å². The van der Waals surface area contributed by atoms with E-state index in [0.717, 1.165) is 5.56 Å². The standard InChI is InChI=1S/C20H22N2O3/c1-14-3-5-16(6-4-14)19(23)21-18-9-7-17(8-10-18)20(24)22-11-12-25-15(2)13-22/h3-10,15H,11-13H2,1-2H3,(H,21,23). The lowest BCUT2D eigenvalue weighted by molar-refractivity contribution is -0.0124. The fourth-order valence-electron chi connectivity index (χ4n) is 2.79. The maximum absolute atomic E-state index is 12.5. The number of morpholine rings is 1. The number of ether oxygens (including phenoxy) is 1. The first kappa shape index (κ1) is 17.2. The Balaban J connectivity index is 1.64. The predicted molar refractivity (Wildman–Crippen MR) is 96.9 cm³/mol. The lowest BCUT2D eigenvalue weighted by atomic mass is 10.1. The largest absolute Gasteiger partial charge is 0.375 e. The number of benzene rings is 2. The maximum Gasteiger partial charge on any atom is 0.255 e. The fourth-order valence-corrected chi connectivity index (χ4v) is 2.79. The van der Waals surface area contributed by atoms with Gasteiger partial charge in [0.25, 0.3) is 11.8 Å². The van der Waals surface area contributed by atoms with E-state index in [1.807, 2.05) is 26.0 Å². The lowest BCUT2D eigenvalue weighted by Gasteiger charge is -2.31. The Bertz CT molecular complexity index is 754. The maximum atomic E-state index is 12.5. The third-order valence-corrected chi connectivity index (χ3v) is 4.23. The molecule has 1 fully saturated rings. The van der Waals surface area contributed by atoms with Crippen LogP contribution in [0.1, 0.15) is 33.2 Å². The molecule has 1 N–H and O–H groups in total. The molecule has 2 aromatic rings. The highest BCUT2D eigenvalue weighted by atomic mass is 16.5. The van der Waals surface area contributed by atoms with E-state index in [1.54, 1.807) is 41.3 Å². The van der Waals surface area contributed by atoms with Gasteiger partial charge in [-0.1, -0.05) is 17.7 Å². The second-order valence-electron chi connectivity index (χ2n) is 6.33. The zero-order valence-electron chi connectivity index (χ0n) is 14.5. The molecular weight excluding hydrogens is 316 g/mol. The minimum absolute atomic E-state index is 0.00781. The molecule has 5 heteroatoms. The van der Waals surface area contributed by atoms with Gasteiger partial charge in [0, 0.05) is 29.9 Å². The SMILES string of the molecule is Cc1ccc(C(=O)Nc2ccc(C(=O)N3CCOC(C)C3)cc2)cc1. The van der Waals surface area contributed by atoms with Gasteiger partial charge < -0.3 is 15.0 Å². The molecule has 1 aliphatic heterocycles. The average Bonchev–Trinajstić information content (AvgIpc) is 2.62. The molecular formula is C20H22N2O3. The zero-order valence-corrected chi connectivity index (χ0v) is 14.5. The molecule has 0 radical (unpaired) electrons. The summed E-state index contributed by atoms with van der Waals surface area (Å²) in [4.78, 5) is 26.5. The van der Waals surface area contributed by atoms with Crippen molar-refractivity contribution in [2.24, 2.45) is 0 Å². The number of carbonyl (C=O) groups is 2. The molecule has 1 atom stereocenters. The Morgan fingerprint density at radius 1 is 1.04 bits per heavy atom. The minimum atomic E-state index is -0.166. The number of carbonyl (C=O) groups excluding carboxylic acids is 2. The van der Waals surface area contributed by atoms with Gasteiger partial charge >= 0.3 is 0 Å². The van der Waals surface area contributed by atoms with Crippen LogP contribution in [0.5, 0.6) is 0 Å². The lowest BCUT2D eigenvalue weighted by Crippen LogP contribution is -2.44.